The second-order valence-corrected chi connectivity index (χ2v) is 9.09. The van der Waals surface area contributed by atoms with Crippen LogP contribution in [0.3, 0.4) is 0 Å². The van der Waals surface area contributed by atoms with Crippen LogP contribution in [0.2, 0.25) is 0 Å². The lowest BCUT2D eigenvalue weighted by Crippen LogP contribution is -2.49. The molecule has 4 amide bonds. The largest absolute Gasteiger partial charge is 0.346 e. The lowest BCUT2D eigenvalue weighted by atomic mass is 9.85. The summed E-state index contributed by atoms with van der Waals surface area (Å²) in [6.45, 7) is 5.02. The van der Waals surface area contributed by atoms with Crippen LogP contribution in [0.25, 0.3) is 0 Å². The molecule has 0 aliphatic carbocycles. The van der Waals surface area contributed by atoms with Crippen LogP contribution in [-0.2, 0) is 19.2 Å². The number of amides is 4. The first-order chi connectivity index (χ1) is 15.7. The quantitative estimate of drug-likeness (QED) is 0.377. The molecule has 10 heteroatoms. The molecule has 0 bridgehead atoms. The first kappa shape index (κ1) is 24.2. The number of rotatable bonds is 9. The van der Waals surface area contributed by atoms with Gasteiger partial charge in [0, 0.05) is 6.20 Å². The third-order valence-corrected chi connectivity index (χ3v) is 6.28. The molecule has 2 aromatic rings. The van der Waals surface area contributed by atoms with E-state index < -0.39 is 53.3 Å². The minimum absolute atomic E-state index is 0.114. The summed E-state index contributed by atoms with van der Waals surface area (Å²) in [7, 11) is 0. The molecule has 1 aliphatic rings. The summed E-state index contributed by atoms with van der Waals surface area (Å²) in [6.07, 6.45) is 1.39. The van der Waals surface area contributed by atoms with Crippen molar-refractivity contribution in [3.05, 3.63) is 52.5 Å². The van der Waals surface area contributed by atoms with Crippen molar-refractivity contribution in [3.63, 3.8) is 0 Å². The van der Waals surface area contributed by atoms with Gasteiger partial charge in [0.1, 0.15) is 11.6 Å². The van der Waals surface area contributed by atoms with Crippen molar-refractivity contribution >= 4 is 40.7 Å². The number of ketones is 1. The molecule has 0 radical (unpaired) electrons. The zero-order valence-corrected chi connectivity index (χ0v) is 19.3. The monoisotopic (exact) mass is 470 g/mol. The molecule has 1 unspecified atom stereocenters. The molecule has 1 fully saturated rings. The van der Waals surface area contributed by atoms with Crippen LogP contribution in [0.1, 0.15) is 49.3 Å². The molecule has 0 saturated carbocycles. The molecule has 1 saturated heterocycles. The highest BCUT2D eigenvalue weighted by atomic mass is 32.1. The first-order valence-corrected chi connectivity index (χ1v) is 11.5. The third kappa shape index (κ3) is 5.70. The molecule has 174 valence electrons. The van der Waals surface area contributed by atoms with Crippen molar-refractivity contribution in [3.8, 4) is 0 Å². The van der Waals surface area contributed by atoms with Crippen molar-refractivity contribution in [2.45, 2.75) is 39.3 Å². The Morgan fingerprint density at radius 2 is 1.88 bits per heavy atom. The fourth-order valence-electron chi connectivity index (χ4n) is 3.70. The van der Waals surface area contributed by atoms with E-state index in [1.165, 1.54) is 24.5 Å². The van der Waals surface area contributed by atoms with Gasteiger partial charge in [-0.3, -0.25) is 34.3 Å². The molecule has 9 nitrogen and oxygen atoms in total. The number of hydrogen-bond donors (Lipinski definition) is 3. The Labute approximate surface area is 195 Å². The predicted molar refractivity (Wildman–Crippen MR) is 121 cm³/mol. The van der Waals surface area contributed by atoms with Gasteiger partial charge in [-0.1, -0.05) is 26.8 Å². The molecular weight excluding hydrogens is 444 g/mol. The van der Waals surface area contributed by atoms with Crippen LogP contribution in [0.5, 0.6) is 0 Å². The van der Waals surface area contributed by atoms with E-state index in [0.29, 0.717) is 0 Å². The van der Waals surface area contributed by atoms with E-state index in [-0.39, 0.29) is 18.0 Å². The van der Waals surface area contributed by atoms with E-state index in [2.05, 4.69) is 20.9 Å². The fraction of sp³-hybridized carbons (Fsp3) is 0.391. The second-order valence-electron chi connectivity index (χ2n) is 8.31. The lowest BCUT2D eigenvalue weighted by Gasteiger charge is -2.25. The minimum Gasteiger partial charge on any atom is -0.346 e. The molecular formula is C23H26N4O5S. The molecule has 33 heavy (non-hydrogen) atoms. The van der Waals surface area contributed by atoms with Gasteiger partial charge in [-0.05, 0) is 40.4 Å². The predicted octanol–water partition coefficient (Wildman–Crippen LogP) is 1.62. The Morgan fingerprint density at radius 1 is 1.12 bits per heavy atom. The smallest absolute Gasteiger partial charge is 0.270 e. The van der Waals surface area contributed by atoms with Crippen molar-refractivity contribution in [1.29, 1.82) is 0 Å². The maximum atomic E-state index is 13.1. The number of carbonyl (C=O) groups excluding carboxylic acids is 5. The summed E-state index contributed by atoms with van der Waals surface area (Å²) in [6, 6.07) is 5.19. The summed E-state index contributed by atoms with van der Waals surface area (Å²) in [4.78, 5) is 66.6. The number of Topliss-reactive ketones (excluding diaryl/α,β-unsaturated/α-hetero) is 1. The van der Waals surface area contributed by atoms with E-state index >= 15 is 0 Å². The van der Waals surface area contributed by atoms with Gasteiger partial charge in [-0.15, -0.1) is 0 Å². The Morgan fingerprint density at radius 3 is 2.42 bits per heavy atom. The number of aromatic nitrogens is 1. The van der Waals surface area contributed by atoms with Crippen molar-refractivity contribution in [2.24, 2.45) is 17.8 Å². The zero-order valence-electron chi connectivity index (χ0n) is 18.5. The average Bonchev–Trinajstić information content (AvgIpc) is 3.40. The summed E-state index contributed by atoms with van der Waals surface area (Å²) >= 11 is 1.43. The molecule has 0 spiro atoms. The Hall–Kier alpha value is -3.40. The van der Waals surface area contributed by atoms with Gasteiger partial charge in [0.25, 0.3) is 5.91 Å². The van der Waals surface area contributed by atoms with Crippen LogP contribution in [0, 0.1) is 17.8 Å². The van der Waals surface area contributed by atoms with Crippen molar-refractivity contribution < 1.29 is 24.0 Å². The van der Waals surface area contributed by atoms with Gasteiger partial charge < -0.3 is 10.6 Å². The molecule has 0 aromatic carbocycles. The van der Waals surface area contributed by atoms with E-state index in [1.54, 1.807) is 32.0 Å². The molecule has 2 aromatic heterocycles. The molecule has 3 heterocycles. The van der Waals surface area contributed by atoms with Gasteiger partial charge in [0.15, 0.2) is 5.78 Å². The summed E-state index contributed by atoms with van der Waals surface area (Å²) in [5, 5.41) is 11.4. The maximum Gasteiger partial charge on any atom is 0.270 e. The highest BCUT2D eigenvalue weighted by Gasteiger charge is 2.46. The number of hydrogen-bond acceptors (Lipinski definition) is 7. The molecule has 3 rings (SSSR count). The number of imide groups is 1. The third-order valence-electron chi connectivity index (χ3n) is 5.58. The van der Waals surface area contributed by atoms with E-state index in [9.17, 15) is 24.0 Å². The fourth-order valence-corrected chi connectivity index (χ4v) is 4.41. The Balaban J connectivity index is 1.73. The standard InChI is InChI=1S/C23H26N4O5S/c1-12(2)19(20(29)18-13(3)21(30)27-23(18)32)26-17(28)10-16(14-7-9-33-11-14)25-22(31)15-6-4-5-8-24-15/h4-9,11-13,16,18-19H,10H2,1-3H3,(H,25,31)(H,26,28)(H,27,30,32)/t13-,16?,18+,19-/m0/s1. The Kier molecular flexibility index (Phi) is 7.70. The van der Waals surface area contributed by atoms with E-state index in [1.807, 2.05) is 16.8 Å². The Bertz CT molecular complexity index is 1040. The van der Waals surface area contributed by atoms with Gasteiger partial charge in [-0.2, -0.15) is 11.3 Å². The zero-order chi connectivity index (χ0) is 24.1. The summed E-state index contributed by atoms with van der Waals surface area (Å²) in [5.41, 5.74) is 0.973. The number of nitrogens with one attached hydrogen (secondary N) is 3. The highest BCUT2D eigenvalue weighted by Crippen LogP contribution is 2.24. The number of nitrogens with zero attached hydrogens (tertiary/aromatic N) is 1. The SMILES string of the molecule is CC(C)[C@H](NC(=O)CC(NC(=O)c1ccccn1)c1ccsc1)C(=O)[C@@H]1C(=O)NC(=O)[C@H]1C. The van der Waals surface area contributed by atoms with Crippen LogP contribution < -0.4 is 16.0 Å². The first-order valence-electron chi connectivity index (χ1n) is 10.6. The highest BCUT2D eigenvalue weighted by molar-refractivity contribution is 7.08. The number of carbonyl (C=O) groups is 5. The van der Waals surface area contributed by atoms with Gasteiger partial charge in [-0.25, -0.2) is 0 Å². The van der Waals surface area contributed by atoms with Gasteiger partial charge in [0.2, 0.25) is 17.7 Å². The normalized spacial score (nSPS) is 19.6. The summed E-state index contributed by atoms with van der Waals surface area (Å²) < 4.78 is 0. The molecule has 1 aliphatic heterocycles. The van der Waals surface area contributed by atoms with Crippen molar-refractivity contribution in [2.75, 3.05) is 0 Å². The van der Waals surface area contributed by atoms with Crippen LogP contribution in [0.15, 0.2) is 41.2 Å². The van der Waals surface area contributed by atoms with Crippen LogP contribution >= 0.6 is 11.3 Å². The van der Waals surface area contributed by atoms with Crippen molar-refractivity contribution in [1.82, 2.24) is 20.9 Å². The lowest BCUT2D eigenvalue weighted by molar-refractivity contribution is -0.137. The van der Waals surface area contributed by atoms with E-state index in [0.717, 1.165) is 5.56 Å². The van der Waals surface area contributed by atoms with Crippen LogP contribution in [0.4, 0.5) is 0 Å². The number of thiophene rings is 1. The minimum atomic E-state index is -1.14. The topological polar surface area (TPSA) is 134 Å². The number of pyridine rings is 1. The van der Waals surface area contributed by atoms with E-state index in [4.69, 9.17) is 0 Å². The summed E-state index contributed by atoms with van der Waals surface area (Å²) in [5.74, 6) is -4.76. The second kappa shape index (κ2) is 10.5. The molecule has 4 atom stereocenters. The maximum absolute atomic E-state index is 13.1. The van der Waals surface area contributed by atoms with Gasteiger partial charge in [0.05, 0.1) is 24.4 Å². The van der Waals surface area contributed by atoms with Crippen LogP contribution in [-0.4, -0.2) is 40.4 Å². The average molecular weight is 471 g/mol. The molecule has 3 N–H and O–H groups in total. The van der Waals surface area contributed by atoms with Gasteiger partial charge >= 0.3 is 0 Å².